The van der Waals surface area contributed by atoms with E-state index in [9.17, 15) is 4.79 Å². The van der Waals surface area contributed by atoms with Crippen LogP contribution in [-0.2, 0) is 11.3 Å². The molecule has 158 valence electrons. The van der Waals surface area contributed by atoms with E-state index in [1.54, 1.807) is 13.2 Å². The number of methoxy groups -OCH3 is 1. The molecule has 0 saturated carbocycles. The van der Waals surface area contributed by atoms with E-state index in [0.717, 1.165) is 11.6 Å². The third-order valence-electron chi connectivity index (χ3n) is 4.44. The predicted molar refractivity (Wildman–Crippen MR) is 118 cm³/mol. The topological polar surface area (TPSA) is 78.3 Å². The Morgan fingerprint density at radius 3 is 2.63 bits per heavy atom. The van der Waals surface area contributed by atoms with Gasteiger partial charge in [0.1, 0.15) is 11.5 Å². The van der Waals surface area contributed by atoms with E-state index in [2.05, 4.69) is 15.5 Å². The second-order valence-electron chi connectivity index (χ2n) is 6.73. The summed E-state index contributed by atoms with van der Waals surface area (Å²) < 4.78 is 13.2. The number of anilines is 1. The van der Waals surface area contributed by atoms with E-state index >= 15 is 0 Å². The van der Waals surface area contributed by atoms with Gasteiger partial charge in [0.15, 0.2) is 17.1 Å². The van der Waals surface area contributed by atoms with Gasteiger partial charge in [0.25, 0.3) is 0 Å². The fraction of sp³-hybridized carbons (Fsp3) is 0.318. The van der Waals surface area contributed by atoms with Crippen molar-refractivity contribution in [3.8, 4) is 11.5 Å². The maximum absolute atomic E-state index is 12.3. The van der Waals surface area contributed by atoms with Crippen molar-refractivity contribution in [3.05, 3.63) is 59.9 Å². The molecule has 30 heavy (non-hydrogen) atoms. The molecule has 0 spiro atoms. The largest absolute Gasteiger partial charge is 0.497 e. The standard InChI is InChI=1S/C22H26N4O3S/c1-5-26-21(16(3)29-18-11-9-15(2)10-12-18)24-25-22(26)30-14-20(27)23-17-7-6-8-19(13-17)28-4/h6-13,16H,5,14H2,1-4H3,(H,23,27). The lowest BCUT2D eigenvalue weighted by molar-refractivity contribution is -0.113. The van der Waals surface area contributed by atoms with Crippen LogP contribution < -0.4 is 14.8 Å². The van der Waals surface area contributed by atoms with Crippen molar-refractivity contribution >= 4 is 23.4 Å². The monoisotopic (exact) mass is 426 g/mol. The predicted octanol–water partition coefficient (Wildman–Crippen LogP) is 4.49. The Kier molecular flexibility index (Phi) is 7.35. The third kappa shape index (κ3) is 5.54. The quantitative estimate of drug-likeness (QED) is 0.508. The molecule has 7 nitrogen and oxygen atoms in total. The second-order valence-corrected chi connectivity index (χ2v) is 7.67. The molecule has 1 aromatic heterocycles. The minimum atomic E-state index is -0.264. The molecule has 1 amide bonds. The number of nitrogens with zero attached hydrogens (tertiary/aromatic N) is 3. The van der Waals surface area contributed by atoms with Crippen LogP contribution in [0.15, 0.2) is 53.7 Å². The number of hydrogen-bond acceptors (Lipinski definition) is 6. The van der Waals surface area contributed by atoms with Crippen LogP contribution in [0.25, 0.3) is 0 Å². The van der Waals surface area contributed by atoms with Crippen LogP contribution in [0.4, 0.5) is 5.69 Å². The molecule has 0 bridgehead atoms. The van der Waals surface area contributed by atoms with Crippen molar-refractivity contribution in [3.63, 3.8) is 0 Å². The van der Waals surface area contributed by atoms with Crippen LogP contribution in [0.5, 0.6) is 11.5 Å². The summed E-state index contributed by atoms with van der Waals surface area (Å²) in [5.41, 5.74) is 1.87. The number of carbonyl (C=O) groups excluding carboxylic acids is 1. The number of carbonyl (C=O) groups is 1. The number of nitrogens with one attached hydrogen (secondary N) is 1. The summed E-state index contributed by atoms with van der Waals surface area (Å²) in [6.45, 7) is 6.68. The molecule has 3 rings (SSSR count). The third-order valence-corrected chi connectivity index (χ3v) is 5.41. The summed E-state index contributed by atoms with van der Waals surface area (Å²) in [5.74, 6) is 2.31. The minimum absolute atomic E-state index is 0.121. The molecular weight excluding hydrogens is 400 g/mol. The molecule has 8 heteroatoms. The normalized spacial score (nSPS) is 11.7. The van der Waals surface area contributed by atoms with Crippen molar-refractivity contribution in [2.45, 2.75) is 38.6 Å². The Morgan fingerprint density at radius 2 is 1.93 bits per heavy atom. The molecule has 1 unspecified atom stereocenters. The molecule has 0 aliphatic heterocycles. The molecule has 3 aromatic rings. The Balaban J connectivity index is 1.61. The van der Waals surface area contributed by atoms with Gasteiger partial charge in [0, 0.05) is 18.3 Å². The Hall–Kier alpha value is -3.00. The number of rotatable bonds is 9. The molecular formula is C22H26N4O3S. The van der Waals surface area contributed by atoms with Crippen LogP contribution in [0.1, 0.15) is 31.3 Å². The van der Waals surface area contributed by atoms with Gasteiger partial charge in [-0.3, -0.25) is 4.79 Å². The molecule has 0 aliphatic rings. The van der Waals surface area contributed by atoms with E-state index in [1.165, 1.54) is 17.3 Å². The zero-order valence-electron chi connectivity index (χ0n) is 17.6. The van der Waals surface area contributed by atoms with Gasteiger partial charge in [-0.05, 0) is 45.0 Å². The SMILES string of the molecule is CCn1c(SCC(=O)Nc2cccc(OC)c2)nnc1C(C)Oc1ccc(C)cc1. The summed E-state index contributed by atoms with van der Waals surface area (Å²) in [4.78, 5) is 12.3. The number of benzene rings is 2. The molecule has 1 N–H and O–H groups in total. The van der Waals surface area contributed by atoms with Crippen molar-refractivity contribution < 1.29 is 14.3 Å². The van der Waals surface area contributed by atoms with Gasteiger partial charge in [0.05, 0.1) is 12.9 Å². The van der Waals surface area contributed by atoms with E-state index < -0.39 is 0 Å². The van der Waals surface area contributed by atoms with Gasteiger partial charge >= 0.3 is 0 Å². The van der Waals surface area contributed by atoms with Crippen molar-refractivity contribution in [2.75, 3.05) is 18.2 Å². The van der Waals surface area contributed by atoms with Gasteiger partial charge in [-0.15, -0.1) is 10.2 Å². The summed E-state index contributed by atoms with van der Waals surface area (Å²) in [5, 5.41) is 12.1. The van der Waals surface area contributed by atoms with Gasteiger partial charge in [-0.2, -0.15) is 0 Å². The molecule has 1 atom stereocenters. The van der Waals surface area contributed by atoms with Gasteiger partial charge in [0.2, 0.25) is 5.91 Å². The first-order valence-corrected chi connectivity index (χ1v) is 10.7. The summed E-state index contributed by atoms with van der Waals surface area (Å²) >= 11 is 1.35. The highest BCUT2D eigenvalue weighted by Crippen LogP contribution is 2.25. The first kappa shape index (κ1) is 21.7. The Bertz CT molecular complexity index is 988. The van der Waals surface area contributed by atoms with Crippen molar-refractivity contribution in [2.24, 2.45) is 0 Å². The number of thioether (sulfide) groups is 1. The number of aromatic nitrogens is 3. The van der Waals surface area contributed by atoms with Crippen LogP contribution in [0, 0.1) is 6.92 Å². The van der Waals surface area contributed by atoms with E-state index in [-0.39, 0.29) is 17.8 Å². The van der Waals surface area contributed by atoms with Gasteiger partial charge < -0.3 is 19.4 Å². The highest BCUT2D eigenvalue weighted by atomic mass is 32.2. The molecule has 0 radical (unpaired) electrons. The highest BCUT2D eigenvalue weighted by molar-refractivity contribution is 7.99. The zero-order valence-corrected chi connectivity index (χ0v) is 18.4. The fourth-order valence-corrected chi connectivity index (χ4v) is 3.72. The molecule has 2 aromatic carbocycles. The van der Waals surface area contributed by atoms with Gasteiger partial charge in [-0.25, -0.2) is 0 Å². The molecule has 0 saturated heterocycles. The highest BCUT2D eigenvalue weighted by Gasteiger charge is 2.19. The number of aryl methyl sites for hydroxylation is 1. The molecule has 0 aliphatic carbocycles. The first-order valence-electron chi connectivity index (χ1n) is 9.73. The number of hydrogen-bond donors (Lipinski definition) is 1. The summed E-state index contributed by atoms with van der Waals surface area (Å²) in [6.07, 6.45) is -0.264. The number of amides is 1. The maximum Gasteiger partial charge on any atom is 0.234 e. The smallest absolute Gasteiger partial charge is 0.234 e. The number of ether oxygens (including phenoxy) is 2. The Morgan fingerprint density at radius 1 is 1.17 bits per heavy atom. The fourth-order valence-electron chi connectivity index (χ4n) is 2.91. The van der Waals surface area contributed by atoms with Crippen LogP contribution in [0.2, 0.25) is 0 Å². The van der Waals surface area contributed by atoms with Crippen molar-refractivity contribution in [1.82, 2.24) is 14.8 Å². The van der Waals surface area contributed by atoms with Crippen LogP contribution >= 0.6 is 11.8 Å². The van der Waals surface area contributed by atoms with Crippen LogP contribution in [-0.4, -0.2) is 33.5 Å². The van der Waals surface area contributed by atoms with E-state index in [0.29, 0.717) is 23.1 Å². The minimum Gasteiger partial charge on any atom is -0.497 e. The van der Waals surface area contributed by atoms with Gasteiger partial charge in [-0.1, -0.05) is 35.5 Å². The zero-order chi connectivity index (χ0) is 21.5. The lowest BCUT2D eigenvalue weighted by atomic mass is 10.2. The Labute approximate surface area is 180 Å². The average Bonchev–Trinajstić information content (AvgIpc) is 3.17. The average molecular weight is 427 g/mol. The molecule has 0 fully saturated rings. The lowest BCUT2D eigenvalue weighted by Crippen LogP contribution is -2.15. The first-order chi connectivity index (χ1) is 14.5. The molecule has 1 heterocycles. The second kappa shape index (κ2) is 10.2. The van der Waals surface area contributed by atoms with E-state index in [1.807, 2.05) is 67.8 Å². The van der Waals surface area contributed by atoms with Crippen molar-refractivity contribution in [1.29, 1.82) is 0 Å². The van der Waals surface area contributed by atoms with Crippen LogP contribution in [0.3, 0.4) is 0 Å². The summed E-state index contributed by atoms with van der Waals surface area (Å²) in [7, 11) is 1.59. The summed E-state index contributed by atoms with van der Waals surface area (Å²) in [6, 6.07) is 15.2. The lowest BCUT2D eigenvalue weighted by Gasteiger charge is -2.15. The maximum atomic E-state index is 12.3. The van der Waals surface area contributed by atoms with E-state index in [4.69, 9.17) is 9.47 Å².